The number of rotatable bonds is 2. The third kappa shape index (κ3) is 3.44. The van der Waals surface area contributed by atoms with Crippen molar-refractivity contribution in [1.82, 2.24) is 10.6 Å². The molecular weight excluding hydrogens is 188 g/mol. The predicted octanol–water partition coefficient (Wildman–Crippen LogP) is 1.29. The van der Waals surface area contributed by atoms with E-state index in [1.165, 1.54) is 25.8 Å². The molecule has 0 saturated carbocycles. The maximum absolute atomic E-state index is 5.73. The minimum Gasteiger partial charge on any atom is -0.375 e. The Balaban J connectivity index is 1.78. The SMILES string of the molecule is CC1(C)CC(NC2CCCNC2)CCO1. The van der Waals surface area contributed by atoms with Crippen molar-refractivity contribution in [2.45, 2.75) is 57.2 Å². The van der Waals surface area contributed by atoms with E-state index in [0.29, 0.717) is 12.1 Å². The first kappa shape index (κ1) is 11.4. The van der Waals surface area contributed by atoms with Gasteiger partial charge in [0.25, 0.3) is 0 Å². The molecule has 0 aliphatic carbocycles. The molecule has 2 heterocycles. The van der Waals surface area contributed by atoms with E-state index in [0.717, 1.165) is 19.6 Å². The van der Waals surface area contributed by atoms with E-state index in [4.69, 9.17) is 4.74 Å². The highest BCUT2D eigenvalue weighted by Crippen LogP contribution is 2.24. The zero-order valence-corrected chi connectivity index (χ0v) is 10.0. The quantitative estimate of drug-likeness (QED) is 0.723. The summed E-state index contributed by atoms with van der Waals surface area (Å²) >= 11 is 0. The topological polar surface area (TPSA) is 33.3 Å². The van der Waals surface area contributed by atoms with E-state index in [1.807, 2.05) is 0 Å². The standard InChI is InChI=1S/C12H24N2O/c1-12(2)8-10(5-7-15-12)14-11-4-3-6-13-9-11/h10-11,13-14H,3-9H2,1-2H3. The highest BCUT2D eigenvalue weighted by Gasteiger charge is 2.30. The van der Waals surface area contributed by atoms with Crippen LogP contribution in [0.25, 0.3) is 0 Å². The molecule has 0 aromatic heterocycles. The molecule has 0 radical (unpaired) electrons. The molecule has 2 atom stereocenters. The molecule has 2 N–H and O–H groups in total. The number of ether oxygens (including phenoxy) is 1. The average Bonchev–Trinajstić information content (AvgIpc) is 2.17. The van der Waals surface area contributed by atoms with Crippen molar-refractivity contribution in [3.63, 3.8) is 0 Å². The van der Waals surface area contributed by atoms with Crippen LogP contribution in [0.5, 0.6) is 0 Å². The summed E-state index contributed by atoms with van der Waals surface area (Å²) in [6.45, 7) is 7.62. The molecule has 0 aromatic rings. The minimum atomic E-state index is 0.0675. The predicted molar refractivity (Wildman–Crippen MR) is 62.1 cm³/mol. The fourth-order valence-electron chi connectivity index (χ4n) is 2.70. The van der Waals surface area contributed by atoms with E-state index in [2.05, 4.69) is 24.5 Å². The summed E-state index contributed by atoms with van der Waals surface area (Å²) in [5.74, 6) is 0. The van der Waals surface area contributed by atoms with Crippen molar-refractivity contribution < 1.29 is 4.74 Å². The Kier molecular flexibility index (Phi) is 3.65. The van der Waals surface area contributed by atoms with Crippen molar-refractivity contribution in [3.8, 4) is 0 Å². The normalized spacial score (nSPS) is 36.4. The van der Waals surface area contributed by atoms with Crippen LogP contribution in [0.2, 0.25) is 0 Å². The summed E-state index contributed by atoms with van der Waals surface area (Å²) in [5.41, 5.74) is 0.0675. The number of nitrogens with one attached hydrogen (secondary N) is 2. The van der Waals surface area contributed by atoms with Crippen molar-refractivity contribution in [2.75, 3.05) is 19.7 Å². The van der Waals surface area contributed by atoms with Crippen LogP contribution >= 0.6 is 0 Å². The fourth-order valence-corrected chi connectivity index (χ4v) is 2.70. The number of hydrogen-bond donors (Lipinski definition) is 2. The fraction of sp³-hybridized carbons (Fsp3) is 1.00. The molecule has 0 bridgehead atoms. The summed E-state index contributed by atoms with van der Waals surface area (Å²) in [6, 6.07) is 1.33. The third-order valence-corrected chi connectivity index (χ3v) is 3.47. The van der Waals surface area contributed by atoms with Gasteiger partial charge < -0.3 is 15.4 Å². The largest absolute Gasteiger partial charge is 0.375 e. The molecular formula is C12H24N2O. The molecule has 0 amide bonds. The molecule has 2 saturated heterocycles. The van der Waals surface area contributed by atoms with Gasteiger partial charge in [0.2, 0.25) is 0 Å². The highest BCUT2D eigenvalue weighted by atomic mass is 16.5. The highest BCUT2D eigenvalue weighted by molar-refractivity contribution is 4.86. The maximum Gasteiger partial charge on any atom is 0.0641 e. The molecule has 3 nitrogen and oxygen atoms in total. The summed E-state index contributed by atoms with van der Waals surface area (Å²) in [6.07, 6.45) is 4.94. The Morgan fingerprint density at radius 2 is 2.13 bits per heavy atom. The Morgan fingerprint density at radius 1 is 1.27 bits per heavy atom. The molecule has 15 heavy (non-hydrogen) atoms. The zero-order valence-electron chi connectivity index (χ0n) is 10.0. The molecule has 2 aliphatic rings. The van der Waals surface area contributed by atoms with Gasteiger partial charge in [-0.3, -0.25) is 0 Å². The second-order valence-electron chi connectivity index (χ2n) is 5.51. The Hall–Kier alpha value is -0.120. The monoisotopic (exact) mass is 212 g/mol. The van der Waals surface area contributed by atoms with Crippen molar-refractivity contribution in [1.29, 1.82) is 0 Å². The van der Waals surface area contributed by atoms with Gasteiger partial charge >= 0.3 is 0 Å². The lowest BCUT2D eigenvalue weighted by atomic mass is 9.92. The second kappa shape index (κ2) is 4.81. The van der Waals surface area contributed by atoms with E-state index >= 15 is 0 Å². The number of hydrogen-bond acceptors (Lipinski definition) is 3. The van der Waals surface area contributed by atoms with Crippen LogP contribution in [0.1, 0.15) is 39.5 Å². The van der Waals surface area contributed by atoms with Crippen LogP contribution in [-0.2, 0) is 4.74 Å². The summed E-state index contributed by atoms with van der Waals surface area (Å²) in [7, 11) is 0. The summed E-state index contributed by atoms with van der Waals surface area (Å²) < 4.78 is 5.73. The van der Waals surface area contributed by atoms with Gasteiger partial charge in [0, 0.05) is 25.2 Å². The molecule has 0 spiro atoms. The van der Waals surface area contributed by atoms with E-state index in [-0.39, 0.29) is 5.60 Å². The lowest BCUT2D eigenvalue weighted by Gasteiger charge is -2.38. The van der Waals surface area contributed by atoms with Crippen molar-refractivity contribution in [3.05, 3.63) is 0 Å². The van der Waals surface area contributed by atoms with Gasteiger partial charge in [-0.25, -0.2) is 0 Å². The van der Waals surface area contributed by atoms with E-state index in [9.17, 15) is 0 Å². The Bertz CT molecular complexity index is 200. The molecule has 2 unspecified atom stereocenters. The van der Waals surface area contributed by atoms with E-state index in [1.54, 1.807) is 0 Å². The molecule has 0 aromatic carbocycles. The van der Waals surface area contributed by atoms with Gasteiger partial charge in [0.15, 0.2) is 0 Å². The molecule has 3 heteroatoms. The van der Waals surface area contributed by atoms with Gasteiger partial charge in [-0.2, -0.15) is 0 Å². The van der Waals surface area contributed by atoms with Crippen LogP contribution in [0.15, 0.2) is 0 Å². The maximum atomic E-state index is 5.73. The molecule has 2 aliphatic heterocycles. The van der Waals surface area contributed by atoms with Gasteiger partial charge in [-0.1, -0.05) is 0 Å². The van der Waals surface area contributed by atoms with Crippen LogP contribution in [0.3, 0.4) is 0 Å². The summed E-state index contributed by atoms with van der Waals surface area (Å²) in [5, 5.41) is 7.22. The van der Waals surface area contributed by atoms with Crippen molar-refractivity contribution >= 4 is 0 Å². The zero-order chi connectivity index (χ0) is 10.7. The summed E-state index contributed by atoms with van der Waals surface area (Å²) in [4.78, 5) is 0. The van der Waals surface area contributed by atoms with E-state index < -0.39 is 0 Å². The average molecular weight is 212 g/mol. The number of piperidine rings is 1. The van der Waals surface area contributed by atoms with Gasteiger partial charge in [0.05, 0.1) is 5.60 Å². The second-order valence-corrected chi connectivity index (χ2v) is 5.51. The molecule has 88 valence electrons. The van der Waals surface area contributed by atoms with Gasteiger partial charge in [0.1, 0.15) is 0 Å². The van der Waals surface area contributed by atoms with Crippen LogP contribution in [0.4, 0.5) is 0 Å². The lowest BCUT2D eigenvalue weighted by molar-refractivity contribution is -0.0644. The Morgan fingerprint density at radius 3 is 2.80 bits per heavy atom. The lowest BCUT2D eigenvalue weighted by Crippen LogP contribution is -2.51. The van der Waals surface area contributed by atoms with Crippen molar-refractivity contribution in [2.24, 2.45) is 0 Å². The molecule has 2 fully saturated rings. The first-order valence-corrected chi connectivity index (χ1v) is 6.26. The van der Waals surface area contributed by atoms with Crippen LogP contribution < -0.4 is 10.6 Å². The first-order valence-electron chi connectivity index (χ1n) is 6.26. The third-order valence-electron chi connectivity index (χ3n) is 3.47. The molecule has 2 rings (SSSR count). The van der Waals surface area contributed by atoms with Gasteiger partial charge in [-0.05, 0) is 46.1 Å². The van der Waals surface area contributed by atoms with Crippen LogP contribution in [0, 0.1) is 0 Å². The minimum absolute atomic E-state index is 0.0675. The van der Waals surface area contributed by atoms with Crippen LogP contribution in [-0.4, -0.2) is 37.4 Å². The smallest absolute Gasteiger partial charge is 0.0641 e. The van der Waals surface area contributed by atoms with Gasteiger partial charge in [-0.15, -0.1) is 0 Å². The first-order chi connectivity index (χ1) is 7.16. The Labute approximate surface area is 93.0 Å².